The van der Waals surface area contributed by atoms with Crippen molar-refractivity contribution in [2.45, 2.75) is 24.9 Å². The molecule has 2 fully saturated rings. The molecule has 2 N–H and O–H groups in total. The van der Waals surface area contributed by atoms with Gasteiger partial charge in [0, 0.05) is 52.4 Å². The maximum atomic E-state index is 12.6. The van der Waals surface area contributed by atoms with E-state index in [2.05, 4.69) is 9.80 Å². The van der Waals surface area contributed by atoms with Gasteiger partial charge < -0.3 is 20.0 Å². The Morgan fingerprint density at radius 1 is 1.04 bits per heavy atom. The quantitative estimate of drug-likeness (QED) is 0.639. The minimum absolute atomic E-state index is 0.180. The first-order valence-corrected chi connectivity index (χ1v) is 9.12. The average molecular weight is 342 g/mol. The van der Waals surface area contributed by atoms with Crippen LogP contribution in [0.1, 0.15) is 19.3 Å². The highest BCUT2D eigenvalue weighted by atomic mass is 16.3. The molecule has 0 aromatic heterocycles. The molecule has 0 spiro atoms. The summed E-state index contributed by atoms with van der Waals surface area (Å²) in [5.74, 6) is 0.180. The molecule has 0 radical (unpaired) electrons. The summed E-state index contributed by atoms with van der Waals surface area (Å²) in [7, 11) is 3.95. The van der Waals surface area contributed by atoms with Gasteiger partial charge in [-0.2, -0.15) is 0 Å². The number of amides is 1. The summed E-state index contributed by atoms with van der Waals surface area (Å²) in [4.78, 5) is 21.0. The van der Waals surface area contributed by atoms with Gasteiger partial charge in [-0.3, -0.25) is 14.6 Å². The number of rotatable bonds is 6. The van der Waals surface area contributed by atoms with Crippen LogP contribution in [0.3, 0.4) is 0 Å². The summed E-state index contributed by atoms with van der Waals surface area (Å²) in [6.07, 6.45) is 2.27. The topological polar surface area (TPSA) is 70.5 Å². The van der Waals surface area contributed by atoms with Crippen LogP contribution in [0, 0.1) is 0 Å². The normalized spacial score (nSPS) is 27.5. The number of β-amino-alcohol motifs (C(OH)–C–C–N with tert-alkyl or cyclic N) is 1. The zero-order valence-corrected chi connectivity index (χ0v) is 15.3. The van der Waals surface area contributed by atoms with E-state index in [1.165, 1.54) is 0 Å². The first-order chi connectivity index (χ1) is 11.4. The van der Waals surface area contributed by atoms with Gasteiger partial charge in [0.05, 0.1) is 18.8 Å². The van der Waals surface area contributed by atoms with E-state index in [1.807, 2.05) is 23.9 Å². The van der Waals surface area contributed by atoms with Gasteiger partial charge in [0.15, 0.2) is 0 Å². The Hall–Kier alpha value is -0.730. The third-order valence-corrected chi connectivity index (χ3v) is 5.12. The van der Waals surface area contributed by atoms with Crippen molar-refractivity contribution in [1.82, 2.24) is 19.6 Å². The monoisotopic (exact) mass is 342 g/mol. The van der Waals surface area contributed by atoms with Crippen molar-refractivity contribution < 1.29 is 15.0 Å². The second kappa shape index (κ2) is 9.10. The van der Waals surface area contributed by atoms with Crippen LogP contribution in [0.2, 0.25) is 0 Å². The van der Waals surface area contributed by atoms with Gasteiger partial charge in [-0.1, -0.05) is 0 Å². The lowest BCUT2D eigenvalue weighted by Crippen LogP contribution is -2.50. The molecule has 2 saturated heterocycles. The number of hydrogen-bond donors (Lipinski definition) is 2. The first kappa shape index (κ1) is 19.6. The minimum atomic E-state index is -0.672. The van der Waals surface area contributed by atoms with E-state index < -0.39 is 5.60 Å². The van der Waals surface area contributed by atoms with E-state index in [0.717, 1.165) is 52.1 Å². The van der Waals surface area contributed by atoms with E-state index in [-0.39, 0.29) is 12.5 Å². The molecule has 24 heavy (non-hydrogen) atoms. The van der Waals surface area contributed by atoms with Gasteiger partial charge in [-0.25, -0.2) is 0 Å². The van der Waals surface area contributed by atoms with Crippen LogP contribution in [-0.2, 0) is 4.79 Å². The Kier molecular flexibility index (Phi) is 7.43. The number of likely N-dealkylation sites (tertiary alicyclic amines) is 1. The lowest BCUT2D eigenvalue weighted by atomic mass is 9.94. The Morgan fingerprint density at radius 2 is 1.71 bits per heavy atom. The predicted octanol–water partition coefficient (Wildman–Crippen LogP) is -1.10. The summed E-state index contributed by atoms with van der Waals surface area (Å²) in [6.45, 7) is 7.02. The molecule has 0 aromatic rings. The van der Waals surface area contributed by atoms with Crippen LogP contribution in [-0.4, -0.2) is 121 Å². The summed E-state index contributed by atoms with van der Waals surface area (Å²) in [5, 5.41) is 19.7. The fourth-order valence-corrected chi connectivity index (χ4v) is 3.78. The summed E-state index contributed by atoms with van der Waals surface area (Å²) in [5.41, 5.74) is -0.672. The molecule has 7 nitrogen and oxygen atoms in total. The Bertz CT molecular complexity index is 399. The van der Waals surface area contributed by atoms with E-state index in [1.54, 1.807) is 0 Å². The molecule has 0 unspecified atom stereocenters. The van der Waals surface area contributed by atoms with Gasteiger partial charge in [0.25, 0.3) is 0 Å². The van der Waals surface area contributed by atoms with Crippen molar-refractivity contribution in [3.8, 4) is 0 Å². The smallest absolute Gasteiger partial charge is 0.236 e. The van der Waals surface area contributed by atoms with E-state index in [4.69, 9.17) is 5.11 Å². The molecule has 2 aliphatic rings. The third kappa shape index (κ3) is 5.97. The molecule has 2 heterocycles. The van der Waals surface area contributed by atoms with Gasteiger partial charge in [0.2, 0.25) is 5.91 Å². The third-order valence-electron chi connectivity index (χ3n) is 5.12. The highest BCUT2D eigenvalue weighted by molar-refractivity contribution is 5.78. The van der Waals surface area contributed by atoms with E-state index in [9.17, 15) is 9.90 Å². The van der Waals surface area contributed by atoms with Crippen molar-refractivity contribution in [2.75, 3.05) is 79.6 Å². The maximum absolute atomic E-state index is 12.6. The largest absolute Gasteiger partial charge is 0.395 e. The van der Waals surface area contributed by atoms with Crippen molar-refractivity contribution in [3.63, 3.8) is 0 Å². The van der Waals surface area contributed by atoms with Gasteiger partial charge >= 0.3 is 0 Å². The SMILES string of the molecule is CN(C)C[C@@]1(O)CCCN(C(=O)CN2CCN(CCO)CC2)CC1. The number of carbonyl (C=O) groups excluding carboxylic acids is 1. The summed E-state index contributed by atoms with van der Waals surface area (Å²) < 4.78 is 0. The second-order valence-electron chi connectivity index (χ2n) is 7.54. The molecule has 2 aliphatic heterocycles. The molecule has 0 aromatic carbocycles. The molecule has 0 bridgehead atoms. The number of carbonyl (C=O) groups is 1. The number of aliphatic hydroxyl groups excluding tert-OH is 1. The van der Waals surface area contributed by atoms with Gasteiger partial charge in [0.1, 0.15) is 0 Å². The maximum Gasteiger partial charge on any atom is 0.236 e. The van der Waals surface area contributed by atoms with Crippen LogP contribution in [0.5, 0.6) is 0 Å². The molecule has 7 heteroatoms. The molecule has 1 atom stereocenters. The minimum Gasteiger partial charge on any atom is -0.395 e. The molecule has 0 saturated carbocycles. The first-order valence-electron chi connectivity index (χ1n) is 9.12. The van der Waals surface area contributed by atoms with Crippen LogP contribution in [0.4, 0.5) is 0 Å². The van der Waals surface area contributed by atoms with Crippen molar-refractivity contribution in [3.05, 3.63) is 0 Å². The highest BCUT2D eigenvalue weighted by Crippen LogP contribution is 2.23. The fraction of sp³-hybridized carbons (Fsp3) is 0.941. The highest BCUT2D eigenvalue weighted by Gasteiger charge is 2.32. The van der Waals surface area contributed by atoms with Crippen LogP contribution in [0.15, 0.2) is 0 Å². The van der Waals surface area contributed by atoms with Crippen LogP contribution >= 0.6 is 0 Å². The molecular weight excluding hydrogens is 308 g/mol. The zero-order valence-electron chi connectivity index (χ0n) is 15.3. The molecule has 140 valence electrons. The second-order valence-corrected chi connectivity index (χ2v) is 7.54. The van der Waals surface area contributed by atoms with Crippen LogP contribution in [0.25, 0.3) is 0 Å². The molecule has 2 rings (SSSR count). The molecule has 0 aliphatic carbocycles. The van der Waals surface area contributed by atoms with Crippen molar-refractivity contribution >= 4 is 5.91 Å². The van der Waals surface area contributed by atoms with Gasteiger partial charge in [-0.05, 0) is 33.4 Å². The standard InChI is InChI=1S/C17H34N4O3/c1-18(2)15-17(24)4-3-6-21(7-5-17)16(23)14-20-10-8-19(9-11-20)12-13-22/h22,24H,3-15H2,1-2H3/t17-/m1/s1. The zero-order chi connectivity index (χ0) is 17.6. The lowest BCUT2D eigenvalue weighted by molar-refractivity contribution is -0.133. The number of hydrogen-bond acceptors (Lipinski definition) is 6. The molecule has 1 amide bonds. The Labute approximate surface area is 145 Å². The number of piperazine rings is 1. The Morgan fingerprint density at radius 3 is 2.33 bits per heavy atom. The van der Waals surface area contributed by atoms with Gasteiger partial charge in [-0.15, -0.1) is 0 Å². The summed E-state index contributed by atoms with van der Waals surface area (Å²) in [6, 6.07) is 0. The Balaban J connectivity index is 1.77. The number of aliphatic hydroxyl groups is 2. The van der Waals surface area contributed by atoms with E-state index in [0.29, 0.717) is 26.1 Å². The molecular formula is C17H34N4O3. The average Bonchev–Trinajstić information content (AvgIpc) is 2.70. The van der Waals surface area contributed by atoms with Crippen molar-refractivity contribution in [2.24, 2.45) is 0 Å². The van der Waals surface area contributed by atoms with E-state index >= 15 is 0 Å². The predicted molar refractivity (Wildman–Crippen MR) is 93.9 cm³/mol. The summed E-state index contributed by atoms with van der Waals surface area (Å²) >= 11 is 0. The number of likely N-dealkylation sites (N-methyl/N-ethyl adjacent to an activating group) is 1. The lowest BCUT2D eigenvalue weighted by Gasteiger charge is -2.35. The van der Waals surface area contributed by atoms with Crippen LogP contribution < -0.4 is 0 Å². The number of nitrogens with zero attached hydrogens (tertiary/aromatic N) is 4. The van der Waals surface area contributed by atoms with Crippen molar-refractivity contribution in [1.29, 1.82) is 0 Å². The fourth-order valence-electron chi connectivity index (χ4n) is 3.78.